The van der Waals surface area contributed by atoms with Gasteiger partial charge in [-0.1, -0.05) is 17.7 Å². The Balaban J connectivity index is 1.39. The Hall–Kier alpha value is -2.97. The Bertz CT molecular complexity index is 1200. The van der Waals surface area contributed by atoms with Crippen LogP contribution in [0, 0.1) is 19.7 Å². The molecule has 1 saturated heterocycles. The molecule has 2 amide bonds. The highest BCUT2D eigenvalue weighted by Gasteiger charge is 2.29. The minimum Gasteiger partial charge on any atom is -0.508 e. The zero-order valence-corrected chi connectivity index (χ0v) is 19.8. The minimum absolute atomic E-state index is 0.0921. The molecule has 0 saturated carbocycles. The number of hydrogen-bond donors (Lipinski definition) is 2. The summed E-state index contributed by atoms with van der Waals surface area (Å²) in [6.07, 6.45) is 1.34. The molecule has 9 heteroatoms. The summed E-state index contributed by atoms with van der Waals surface area (Å²) < 4.78 is 14.1. The highest BCUT2D eigenvalue weighted by molar-refractivity contribution is 7.10. The van der Waals surface area contributed by atoms with Crippen LogP contribution in [-0.2, 0) is 0 Å². The third kappa shape index (κ3) is 4.72. The molecule has 0 radical (unpaired) electrons. The Kier molecular flexibility index (Phi) is 6.67. The number of halogens is 2. The first kappa shape index (κ1) is 23.2. The van der Waals surface area contributed by atoms with Crippen LogP contribution in [0.1, 0.15) is 55.7 Å². The predicted molar refractivity (Wildman–Crippen MR) is 127 cm³/mol. The number of likely N-dealkylation sites (tertiary alicyclic amines) is 1. The monoisotopic (exact) mass is 487 g/mol. The van der Waals surface area contributed by atoms with Gasteiger partial charge in [-0.05, 0) is 62.1 Å². The van der Waals surface area contributed by atoms with E-state index in [0.717, 1.165) is 10.6 Å². The van der Waals surface area contributed by atoms with Crippen molar-refractivity contribution in [3.8, 4) is 5.75 Å². The van der Waals surface area contributed by atoms with E-state index in [2.05, 4.69) is 10.3 Å². The minimum atomic E-state index is -0.621. The normalized spacial score (nSPS) is 14.4. The second-order valence-corrected chi connectivity index (χ2v) is 9.37. The van der Waals surface area contributed by atoms with Crippen LogP contribution >= 0.6 is 22.9 Å². The van der Waals surface area contributed by atoms with Gasteiger partial charge in [0.15, 0.2) is 0 Å². The lowest BCUT2D eigenvalue weighted by Gasteiger charge is -2.31. The summed E-state index contributed by atoms with van der Waals surface area (Å²) in [5.74, 6) is -1.04. The summed E-state index contributed by atoms with van der Waals surface area (Å²) in [7, 11) is 0. The molecule has 1 aliphatic rings. The fourth-order valence-electron chi connectivity index (χ4n) is 3.90. The van der Waals surface area contributed by atoms with E-state index in [-0.39, 0.29) is 28.2 Å². The van der Waals surface area contributed by atoms with Crippen LogP contribution in [-0.4, -0.2) is 39.9 Å². The molecule has 4 rings (SSSR count). The van der Waals surface area contributed by atoms with E-state index in [1.807, 2.05) is 6.92 Å². The molecule has 0 unspecified atom stereocenters. The maximum Gasteiger partial charge on any atom is 0.275 e. The summed E-state index contributed by atoms with van der Waals surface area (Å²) in [6.45, 7) is 4.54. The Morgan fingerprint density at radius 3 is 2.61 bits per heavy atom. The summed E-state index contributed by atoms with van der Waals surface area (Å²) in [5, 5.41) is 15.3. The van der Waals surface area contributed by atoms with Crippen LogP contribution in [0.15, 0.2) is 35.7 Å². The number of aromatic nitrogens is 1. The largest absolute Gasteiger partial charge is 0.508 e. The number of carbonyl (C=O) groups is 2. The van der Waals surface area contributed by atoms with Gasteiger partial charge >= 0.3 is 0 Å². The Labute approximate surface area is 200 Å². The summed E-state index contributed by atoms with van der Waals surface area (Å²) in [4.78, 5) is 31.6. The highest BCUT2D eigenvalue weighted by atomic mass is 35.5. The smallest absolute Gasteiger partial charge is 0.275 e. The second-order valence-electron chi connectivity index (χ2n) is 8.07. The quantitative estimate of drug-likeness (QED) is 0.474. The second kappa shape index (κ2) is 9.49. The molecule has 33 heavy (non-hydrogen) atoms. The topological polar surface area (TPSA) is 82.5 Å². The van der Waals surface area contributed by atoms with Crippen molar-refractivity contribution in [2.24, 2.45) is 0 Å². The molecule has 0 bridgehead atoms. The molecule has 172 valence electrons. The van der Waals surface area contributed by atoms with E-state index in [9.17, 15) is 19.1 Å². The van der Waals surface area contributed by atoms with Crippen molar-refractivity contribution in [3.05, 3.63) is 73.9 Å². The van der Waals surface area contributed by atoms with Gasteiger partial charge in [-0.3, -0.25) is 9.59 Å². The molecule has 1 aromatic heterocycles. The molecule has 0 atom stereocenters. The van der Waals surface area contributed by atoms with Gasteiger partial charge in [0.2, 0.25) is 0 Å². The number of anilines is 1. The fourth-order valence-corrected chi connectivity index (χ4v) is 5.11. The van der Waals surface area contributed by atoms with Gasteiger partial charge in [0, 0.05) is 30.1 Å². The number of phenols is 1. The number of benzene rings is 2. The number of amides is 2. The van der Waals surface area contributed by atoms with E-state index >= 15 is 0 Å². The van der Waals surface area contributed by atoms with Crippen LogP contribution in [0.5, 0.6) is 5.75 Å². The number of piperidine rings is 1. The van der Waals surface area contributed by atoms with Gasteiger partial charge in [-0.25, -0.2) is 9.37 Å². The molecule has 2 heterocycles. The van der Waals surface area contributed by atoms with Gasteiger partial charge in [-0.2, -0.15) is 0 Å². The van der Waals surface area contributed by atoms with Crippen LogP contribution in [0.4, 0.5) is 10.1 Å². The Morgan fingerprint density at radius 1 is 1.18 bits per heavy atom. The van der Waals surface area contributed by atoms with Crippen molar-refractivity contribution < 1.29 is 19.1 Å². The van der Waals surface area contributed by atoms with Gasteiger partial charge < -0.3 is 15.3 Å². The van der Waals surface area contributed by atoms with Crippen molar-refractivity contribution >= 4 is 40.4 Å². The van der Waals surface area contributed by atoms with Crippen molar-refractivity contribution in [2.75, 3.05) is 18.4 Å². The maximum absolute atomic E-state index is 14.1. The molecule has 3 aromatic rings. The molecule has 6 nitrogen and oxygen atoms in total. The lowest BCUT2D eigenvalue weighted by atomic mass is 9.97. The SMILES string of the molecule is Cc1c(O)ccc(NC(=O)c2csc(C3CCN(C(=O)c4c(F)cccc4Cl)CC3)n2)c1C. The number of phenolic OH excluding ortho intramolecular Hbond substituents is 1. The summed E-state index contributed by atoms with van der Waals surface area (Å²) in [6, 6.07) is 7.43. The zero-order chi connectivity index (χ0) is 23.7. The summed E-state index contributed by atoms with van der Waals surface area (Å²) in [5.41, 5.74) is 2.38. The molecule has 1 fully saturated rings. The third-order valence-corrected chi connectivity index (χ3v) is 7.39. The van der Waals surface area contributed by atoms with Crippen molar-refractivity contribution in [1.29, 1.82) is 0 Å². The van der Waals surface area contributed by atoms with Gasteiger partial charge in [0.25, 0.3) is 11.8 Å². The van der Waals surface area contributed by atoms with Gasteiger partial charge in [-0.15, -0.1) is 11.3 Å². The molecule has 2 N–H and O–H groups in total. The average Bonchev–Trinajstić information content (AvgIpc) is 3.30. The number of rotatable bonds is 4. The highest BCUT2D eigenvalue weighted by Crippen LogP contribution is 2.32. The van der Waals surface area contributed by atoms with Crippen LogP contribution in [0.2, 0.25) is 5.02 Å². The first-order valence-corrected chi connectivity index (χ1v) is 11.8. The summed E-state index contributed by atoms with van der Waals surface area (Å²) >= 11 is 7.46. The number of carbonyl (C=O) groups excluding carboxylic acids is 2. The number of nitrogens with zero attached hydrogens (tertiary/aromatic N) is 2. The molecule has 0 aliphatic carbocycles. The lowest BCUT2D eigenvalue weighted by molar-refractivity contribution is 0.0708. The van der Waals surface area contributed by atoms with Crippen molar-refractivity contribution in [3.63, 3.8) is 0 Å². The average molecular weight is 488 g/mol. The number of hydrogen-bond acceptors (Lipinski definition) is 5. The maximum atomic E-state index is 14.1. The molecular weight excluding hydrogens is 465 g/mol. The number of thiazole rings is 1. The number of aromatic hydroxyl groups is 1. The zero-order valence-electron chi connectivity index (χ0n) is 18.2. The molecule has 2 aromatic carbocycles. The lowest BCUT2D eigenvalue weighted by Crippen LogP contribution is -2.38. The van der Waals surface area contributed by atoms with Crippen molar-refractivity contribution in [2.45, 2.75) is 32.6 Å². The van der Waals surface area contributed by atoms with E-state index in [1.54, 1.807) is 29.3 Å². The standard InChI is InChI=1S/C24H23ClFN3O3S/c1-13-14(2)20(30)7-6-18(13)27-22(31)19-12-33-23(28-19)15-8-10-29(11-9-15)24(32)21-16(25)4-3-5-17(21)26/h3-7,12,15,30H,8-11H2,1-2H3,(H,27,31). The predicted octanol–water partition coefficient (Wildman–Crippen LogP) is 5.53. The van der Waals surface area contributed by atoms with Crippen LogP contribution < -0.4 is 5.32 Å². The first-order chi connectivity index (χ1) is 15.8. The van der Waals surface area contributed by atoms with Crippen LogP contribution in [0.3, 0.4) is 0 Å². The Morgan fingerprint density at radius 2 is 1.91 bits per heavy atom. The van der Waals surface area contributed by atoms with E-state index in [4.69, 9.17) is 11.6 Å². The van der Waals surface area contributed by atoms with E-state index < -0.39 is 11.7 Å². The number of nitrogens with one attached hydrogen (secondary N) is 1. The van der Waals surface area contributed by atoms with E-state index in [1.165, 1.54) is 29.5 Å². The molecule has 1 aliphatic heterocycles. The van der Waals surface area contributed by atoms with Gasteiger partial charge in [0.05, 0.1) is 15.6 Å². The first-order valence-electron chi connectivity index (χ1n) is 10.6. The third-order valence-electron chi connectivity index (χ3n) is 6.07. The fraction of sp³-hybridized carbons (Fsp3) is 0.292. The van der Waals surface area contributed by atoms with Crippen LogP contribution in [0.25, 0.3) is 0 Å². The molecule has 0 spiro atoms. The van der Waals surface area contributed by atoms with Crippen molar-refractivity contribution in [1.82, 2.24) is 9.88 Å². The van der Waals surface area contributed by atoms with E-state index in [0.29, 0.717) is 42.9 Å². The van der Waals surface area contributed by atoms with Gasteiger partial charge in [0.1, 0.15) is 17.3 Å². The molecular formula is C24H23ClFN3O3S.